The van der Waals surface area contributed by atoms with Crippen LogP contribution in [0.1, 0.15) is 15.9 Å². The van der Waals surface area contributed by atoms with E-state index in [2.05, 4.69) is 34.2 Å². The maximum absolute atomic E-state index is 12.9. The van der Waals surface area contributed by atoms with Gasteiger partial charge in [0.25, 0.3) is 5.91 Å². The molecule has 6 heteroatoms. The summed E-state index contributed by atoms with van der Waals surface area (Å²) in [6, 6.07) is 18.1. The lowest BCUT2D eigenvalue weighted by Gasteiger charge is -2.34. The van der Waals surface area contributed by atoms with Crippen molar-refractivity contribution >= 4 is 23.7 Å². The molecule has 1 aliphatic rings. The minimum atomic E-state index is 0.108. The van der Waals surface area contributed by atoms with Crippen LogP contribution in [0.2, 0.25) is 0 Å². The minimum absolute atomic E-state index is 0.108. The van der Waals surface area contributed by atoms with Gasteiger partial charge in [-0.05, 0) is 36.1 Å². The van der Waals surface area contributed by atoms with E-state index in [9.17, 15) is 4.79 Å². The summed E-state index contributed by atoms with van der Waals surface area (Å²) >= 11 is 1.60. The number of aromatic nitrogens is 2. The zero-order valence-electron chi connectivity index (χ0n) is 17.1. The summed E-state index contributed by atoms with van der Waals surface area (Å²) in [4.78, 5) is 21.6. The monoisotopic (exact) mass is 418 g/mol. The molecule has 30 heavy (non-hydrogen) atoms. The number of rotatable bonds is 6. The number of hydrogen-bond donors (Lipinski definition) is 0. The van der Waals surface area contributed by atoms with Crippen LogP contribution in [0.15, 0.2) is 78.2 Å². The maximum Gasteiger partial charge on any atom is 0.253 e. The Morgan fingerprint density at radius 2 is 1.77 bits per heavy atom. The van der Waals surface area contributed by atoms with E-state index in [1.807, 2.05) is 64.4 Å². The number of amides is 1. The quantitative estimate of drug-likeness (QED) is 0.566. The van der Waals surface area contributed by atoms with Gasteiger partial charge in [-0.3, -0.25) is 14.3 Å². The van der Waals surface area contributed by atoms with E-state index in [0.29, 0.717) is 0 Å². The first-order valence-corrected chi connectivity index (χ1v) is 11.4. The Labute approximate surface area is 182 Å². The largest absolute Gasteiger partial charge is 0.336 e. The van der Waals surface area contributed by atoms with Crippen LogP contribution in [-0.4, -0.2) is 64.2 Å². The Kier molecular flexibility index (Phi) is 6.67. The molecule has 0 bridgehead atoms. The van der Waals surface area contributed by atoms with Gasteiger partial charge in [0, 0.05) is 56.4 Å². The summed E-state index contributed by atoms with van der Waals surface area (Å²) < 4.78 is 2.03. The zero-order valence-corrected chi connectivity index (χ0v) is 18.0. The fourth-order valence-corrected chi connectivity index (χ4v) is 4.15. The Hall–Kier alpha value is -2.83. The van der Waals surface area contributed by atoms with Gasteiger partial charge >= 0.3 is 0 Å². The summed E-state index contributed by atoms with van der Waals surface area (Å²) in [6.45, 7) is 4.23. The molecule has 4 rings (SSSR count). The molecule has 5 nitrogen and oxygen atoms in total. The van der Waals surface area contributed by atoms with E-state index < -0.39 is 0 Å². The molecule has 0 radical (unpaired) electrons. The predicted octanol–water partition coefficient (Wildman–Crippen LogP) is 4.07. The van der Waals surface area contributed by atoms with Crippen LogP contribution in [0, 0.1) is 0 Å². The fraction of sp³-hybridized carbons (Fsp3) is 0.250. The minimum Gasteiger partial charge on any atom is -0.336 e. The van der Waals surface area contributed by atoms with Gasteiger partial charge in [0.2, 0.25) is 0 Å². The highest BCUT2D eigenvalue weighted by atomic mass is 32.2. The summed E-state index contributed by atoms with van der Waals surface area (Å²) in [5, 5.41) is 0.937. The maximum atomic E-state index is 12.9. The first kappa shape index (κ1) is 20.4. The number of benzene rings is 2. The van der Waals surface area contributed by atoms with Crippen LogP contribution in [0.4, 0.5) is 0 Å². The summed E-state index contributed by atoms with van der Waals surface area (Å²) in [5.41, 5.74) is 2.97. The molecular weight excluding hydrogens is 392 g/mol. The van der Waals surface area contributed by atoms with Gasteiger partial charge in [0.1, 0.15) is 0 Å². The third-order valence-electron chi connectivity index (χ3n) is 5.31. The number of thioether (sulfide) groups is 1. The highest BCUT2D eigenvalue weighted by Gasteiger charge is 2.21. The van der Waals surface area contributed by atoms with Crippen molar-refractivity contribution < 1.29 is 4.79 Å². The smallest absolute Gasteiger partial charge is 0.253 e. The Bertz CT molecular complexity index is 990. The molecule has 2 aromatic carbocycles. The third-order valence-corrected chi connectivity index (χ3v) is 5.98. The topological polar surface area (TPSA) is 41.4 Å². The Morgan fingerprint density at radius 3 is 2.47 bits per heavy atom. The van der Waals surface area contributed by atoms with Gasteiger partial charge in [-0.1, -0.05) is 54.2 Å². The van der Waals surface area contributed by atoms with Crippen molar-refractivity contribution in [2.75, 3.05) is 39.0 Å². The van der Waals surface area contributed by atoms with E-state index in [4.69, 9.17) is 0 Å². The number of carbonyl (C=O) groups excluding carboxylic acids is 1. The fourth-order valence-electron chi connectivity index (χ4n) is 3.62. The molecule has 0 spiro atoms. The van der Waals surface area contributed by atoms with Crippen LogP contribution < -0.4 is 0 Å². The lowest BCUT2D eigenvalue weighted by Crippen LogP contribution is -2.48. The number of imidazole rings is 1. The van der Waals surface area contributed by atoms with Crippen molar-refractivity contribution in [2.24, 2.45) is 0 Å². The van der Waals surface area contributed by atoms with Gasteiger partial charge in [-0.25, -0.2) is 4.98 Å². The van der Waals surface area contributed by atoms with Gasteiger partial charge in [-0.2, -0.15) is 0 Å². The summed E-state index contributed by atoms with van der Waals surface area (Å²) in [5.74, 6) is 0.108. The molecule has 1 fully saturated rings. The van der Waals surface area contributed by atoms with Gasteiger partial charge in [0.15, 0.2) is 5.16 Å². The predicted molar refractivity (Wildman–Crippen MR) is 123 cm³/mol. The SMILES string of the molecule is CSc1nccn1-c1ccc(C(=O)N2CCN(C/C=C/c3ccccc3)CC2)cc1. The summed E-state index contributed by atoms with van der Waals surface area (Å²) in [6.07, 6.45) is 10.1. The van der Waals surface area contributed by atoms with Crippen LogP contribution in [0.25, 0.3) is 11.8 Å². The Balaban J connectivity index is 1.30. The highest BCUT2D eigenvalue weighted by Crippen LogP contribution is 2.19. The molecule has 0 aliphatic carbocycles. The van der Waals surface area contributed by atoms with E-state index >= 15 is 0 Å². The van der Waals surface area contributed by atoms with Gasteiger partial charge < -0.3 is 4.90 Å². The molecule has 1 saturated heterocycles. The lowest BCUT2D eigenvalue weighted by atomic mass is 10.1. The summed E-state index contributed by atoms with van der Waals surface area (Å²) in [7, 11) is 0. The standard InChI is InChI=1S/C24H26N4OS/c1-30-24-25-13-15-28(24)22-11-9-21(10-12-22)23(29)27-18-16-26(17-19-27)14-5-8-20-6-3-2-4-7-20/h2-13,15H,14,16-19H2,1H3/b8-5+. The first-order chi connectivity index (χ1) is 14.7. The molecule has 1 aromatic heterocycles. The van der Waals surface area contributed by atoms with Gasteiger partial charge in [-0.15, -0.1) is 0 Å². The molecule has 0 atom stereocenters. The van der Waals surface area contributed by atoms with Crippen LogP contribution in [0.5, 0.6) is 0 Å². The Morgan fingerprint density at radius 1 is 1.03 bits per heavy atom. The van der Waals surface area contributed by atoms with Crippen molar-refractivity contribution in [1.29, 1.82) is 0 Å². The van der Waals surface area contributed by atoms with E-state index in [0.717, 1.165) is 49.1 Å². The van der Waals surface area contributed by atoms with Gasteiger partial charge in [0.05, 0.1) is 0 Å². The lowest BCUT2D eigenvalue weighted by molar-refractivity contribution is 0.0650. The van der Waals surface area contributed by atoms with Crippen LogP contribution in [0.3, 0.4) is 0 Å². The van der Waals surface area contributed by atoms with E-state index in [-0.39, 0.29) is 5.91 Å². The number of hydrogen-bond acceptors (Lipinski definition) is 4. The molecule has 154 valence electrons. The number of piperazine rings is 1. The van der Waals surface area contributed by atoms with Crippen molar-refractivity contribution in [2.45, 2.75) is 5.16 Å². The average molecular weight is 419 g/mol. The second-order valence-corrected chi connectivity index (χ2v) is 8.01. The van der Waals surface area contributed by atoms with Crippen molar-refractivity contribution in [3.8, 4) is 5.69 Å². The molecule has 0 saturated carbocycles. The average Bonchev–Trinajstić information content (AvgIpc) is 3.29. The molecule has 2 heterocycles. The van der Waals surface area contributed by atoms with E-state index in [1.165, 1.54) is 5.56 Å². The molecule has 1 amide bonds. The van der Waals surface area contributed by atoms with Crippen LogP contribution >= 0.6 is 11.8 Å². The zero-order chi connectivity index (χ0) is 20.8. The molecule has 0 N–H and O–H groups in total. The number of carbonyl (C=O) groups is 1. The third kappa shape index (κ3) is 4.83. The van der Waals surface area contributed by atoms with E-state index in [1.54, 1.807) is 18.0 Å². The molecule has 1 aliphatic heterocycles. The number of nitrogens with zero attached hydrogens (tertiary/aromatic N) is 4. The van der Waals surface area contributed by atoms with Crippen molar-refractivity contribution in [3.63, 3.8) is 0 Å². The first-order valence-electron chi connectivity index (χ1n) is 10.2. The molecule has 0 unspecified atom stereocenters. The second kappa shape index (κ2) is 9.78. The van der Waals surface area contributed by atoms with Crippen molar-refractivity contribution in [1.82, 2.24) is 19.4 Å². The second-order valence-electron chi connectivity index (χ2n) is 7.24. The molecular formula is C24H26N4OS. The van der Waals surface area contributed by atoms with Crippen LogP contribution in [-0.2, 0) is 0 Å². The van der Waals surface area contributed by atoms with Crippen molar-refractivity contribution in [3.05, 3.63) is 84.2 Å². The molecule has 3 aromatic rings. The highest BCUT2D eigenvalue weighted by molar-refractivity contribution is 7.98. The normalized spacial score (nSPS) is 15.0.